The molecule has 2 aliphatic rings. The van der Waals surface area contributed by atoms with Gasteiger partial charge in [0.2, 0.25) is 5.91 Å². The van der Waals surface area contributed by atoms with Gasteiger partial charge in [-0.3, -0.25) is 14.7 Å². The highest BCUT2D eigenvalue weighted by Crippen LogP contribution is 2.14. The maximum atomic E-state index is 12.7. The number of carbonyl (C=O) groups excluding carboxylic acids is 1. The van der Waals surface area contributed by atoms with Crippen molar-refractivity contribution >= 4 is 35.8 Å². The highest BCUT2D eigenvalue weighted by molar-refractivity contribution is 14.0. The predicted octanol–water partition coefficient (Wildman–Crippen LogP) is 2.32. The second kappa shape index (κ2) is 15.2. The third-order valence-corrected chi connectivity index (χ3v) is 6.16. The molecule has 7 nitrogen and oxygen atoms in total. The first-order chi connectivity index (χ1) is 14.1. The van der Waals surface area contributed by atoms with Gasteiger partial charge in [-0.15, -0.1) is 24.0 Å². The summed E-state index contributed by atoms with van der Waals surface area (Å²) < 4.78 is 0. The summed E-state index contributed by atoms with van der Waals surface area (Å²) >= 11 is 0. The summed E-state index contributed by atoms with van der Waals surface area (Å²) in [6.07, 6.45) is 5.89. The Bertz CT molecular complexity index is 498. The lowest BCUT2D eigenvalue weighted by Gasteiger charge is -2.39. The number of piperazine rings is 1. The van der Waals surface area contributed by atoms with E-state index in [9.17, 15) is 4.79 Å². The lowest BCUT2D eigenvalue weighted by atomic mass is 10.2. The molecule has 1 N–H and O–H groups in total. The maximum absolute atomic E-state index is 12.7. The first-order valence-electron chi connectivity index (χ1n) is 11.8. The molecule has 0 aromatic carbocycles. The fraction of sp³-hybridized carbons (Fsp3) is 0.909. The van der Waals surface area contributed by atoms with Crippen LogP contribution in [0.4, 0.5) is 0 Å². The van der Waals surface area contributed by atoms with Crippen LogP contribution in [-0.4, -0.2) is 110 Å². The number of aliphatic imine (C=N–C) groups is 1. The summed E-state index contributed by atoms with van der Waals surface area (Å²) in [4.78, 5) is 26.4. The average molecular weight is 537 g/mol. The molecule has 2 saturated heterocycles. The zero-order valence-electron chi connectivity index (χ0n) is 19.7. The summed E-state index contributed by atoms with van der Waals surface area (Å²) in [6, 6.07) is -0.00617. The van der Waals surface area contributed by atoms with Gasteiger partial charge >= 0.3 is 0 Å². The Kier molecular flexibility index (Phi) is 13.9. The number of nitrogens with zero attached hydrogens (tertiary/aromatic N) is 5. The van der Waals surface area contributed by atoms with E-state index in [0.717, 1.165) is 77.6 Å². The van der Waals surface area contributed by atoms with Crippen LogP contribution in [0, 0.1) is 0 Å². The molecular formula is C22H45IN6O. The molecule has 176 valence electrons. The summed E-state index contributed by atoms with van der Waals surface area (Å²) in [5, 5.41) is 3.55. The second-order valence-electron chi connectivity index (χ2n) is 8.40. The molecule has 0 spiro atoms. The molecular weight excluding hydrogens is 491 g/mol. The van der Waals surface area contributed by atoms with Gasteiger partial charge < -0.3 is 20.0 Å². The molecule has 0 saturated carbocycles. The minimum absolute atomic E-state index is 0. The van der Waals surface area contributed by atoms with E-state index in [1.54, 1.807) is 0 Å². The van der Waals surface area contributed by atoms with E-state index in [1.807, 2.05) is 11.9 Å². The number of hydrogen-bond acceptors (Lipinski definition) is 4. The van der Waals surface area contributed by atoms with Crippen molar-refractivity contribution in [1.82, 2.24) is 24.9 Å². The molecule has 2 fully saturated rings. The first-order valence-corrected chi connectivity index (χ1v) is 11.8. The molecule has 2 aliphatic heterocycles. The molecule has 30 heavy (non-hydrogen) atoms. The van der Waals surface area contributed by atoms with Crippen LogP contribution in [-0.2, 0) is 4.79 Å². The zero-order chi connectivity index (χ0) is 21.1. The van der Waals surface area contributed by atoms with Crippen LogP contribution in [0.15, 0.2) is 4.99 Å². The Morgan fingerprint density at radius 3 is 2.10 bits per heavy atom. The number of likely N-dealkylation sites (tertiary alicyclic amines) is 1. The van der Waals surface area contributed by atoms with E-state index in [4.69, 9.17) is 0 Å². The van der Waals surface area contributed by atoms with Crippen LogP contribution in [0.2, 0.25) is 0 Å². The van der Waals surface area contributed by atoms with Crippen LogP contribution < -0.4 is 5.32 Å². The van der Waals surface area contributed by atoms with E-state index in [1.165, 1.54) is 25.9 Å². The lowest BCUT2D eigenvalue weighted by Crippen LogP contribution is -2.57. The van der Waals surface area contributed by atoms with Crippen molar-refractivity contribution in [3.8, 4) is 0 Å². The number of halogens is 1. The van der Waals surface area contributed by atoms with Crippen molar-refractivity contribution in [2.75, 3.05) is 72.5 Å². The van der Waals surface area contributed by atoms with Gasteiger partial charge in [0.1, 0.15) is 0 Å². The van der Waals surface area contributed by atoms with Gasteiger partial charge in [0.05, 0.1) is 6.04 Å². The number of rotatable bonds is 10. The molecule has 0 bridgehead atoms. The number of hydrogen-bond donors (Lipinski definition) is 1. The molecule has 2 rings (SSSR count). The topological polar surface area (TPSA) is 54.4 Å². The molecule has 0 aliphatic carbocycles. The van der Waals surface area contributed by atoms with Crippen LogP contribution >= 0.6 is 24.0 Å². The van der Waals surface area contributed by atoms with E-state index in [-0.39, 0.29) is 30.0 Å². The molecule has 2 heterocycles. The smallest absolute Gasteiger partial charge is 0.239 e. The monoisotopic (exact) mass is 536 g/mol. The number of nitrogens with one attached hydrogen (secondary N) is 1. The SMILES string of the molecule is CCCN(CCC)CCCNC(=NC)N1CCN(C(C)C(=O)N2CCCC2)CC1.I. The Balaban J connectivity index is 0.00000450. The molecule has 1 atom stereocenters. The summed E-state index contributed by atoms with van der Waals surface area (Å²) in [5.41, 5.74) is 0. The molecule has 8 heteroatoms. The van der Waals surface area contributed by atoms with E-state index < -0.39 is 0 Å². The Labute approximate surface area is 201 Å². The Morgan fingerprint density at radius 1 is 0.967 bits per heavy atom. The van der Waals surface area contributed by atoms with E-state index in [2.05, 4.69) is 45.8 Å². The van der Waals surface area contributed by atoms with Crippen LogP contribution in [0.5, 0.6) is 0 Å². The van der Waals surface area contributed by atoms with Gasteiger partial charge in [-0.25, -0.2) is 0 Å². The van der Waals surface area contributed by atoms with Crippen molar-refractivity contribution in [3.05, 3.63) is 0 Å². The quantitative estimate of drug-likeness (QED) is 0.201. The fourth-order valence-electron chi connectivity index (χ4n) is 4.48. The zero-order valence-corrected chi connectivity index (χ0v) is 22.1. The second-order valence-corrected chi connectivity index (χ2v) is 8.40. The van der Waals surface area contributed by atoms with Crippen molar-refractivity contribution in [2.45, 2.75) is 58.9 Å². The van der Waals surface area contributed by atoms with Gasteiger partial charge in [0.15, 0.2) is 5.96 Å². The van der Waals surface area contributed by atoms with Gasteiger partial charge in [0.25, 0.3) is 0 Å². The van der Waals surface area contributed by atoms with Gasteiger partial charge in [-0.05, 0) is 58.7 Å². The average Bonchev–Trinajstić information content (AvgIpc) is 3.28. The Morgan fingerprint density at radius 2 is 1.57 bits per heavy atom. The minimum atomic E-state index is -0.00617. The normalized spacial score (nSPS) is 19.2. The third kappa shape index (κ3) is 8.49. The number of carbonyl (C=O) groups is 1. The van der Waals surface area contributed by atoms with Crippen molar-refractivity contribution in [2.24, 2.45) is 4.99 Å². The van der Waals surface area contributed by atoms with Gasteiger partial charge in [-0.1, -0.05) is 13.8 Å². The molecule has 0 radical (unpaired) electrons. The molecule has 0 aromatic rings. The van der Waals surface area contributed by atoms with Crippen LogP contribution in [0.25, 0.3) is 0 Å². The van der Waals surface area contributed by atoms with E-state index in [0.29, 0.717) is 5.91 Å². The molecule has 1 unspecified atom stereocenters. The van der Waals surface area contributed by atoms with Crippen molar-refractivity contribution < 1.29 is 4.79 Å². The van der Waals surface area contributed by atoms with Crippen molar-refractivity contribution in [1.29, 1.82) is 0 Å². The van der Waals surface area contributed by atoms with Crippen LogP contribution in [0.1, 0.15) is 52.9 Å². The first kappa shape index (κ1) is 27.4. The largest absolute Gasteiger partial charge is 0.356 e. The molecule has 1 amide bonds. The maximum Gasteiger partial charge on any atom is 0.239 e. The Hall–Kier alpha value is -0.610. The third-order valence-electron chi connectivity index (χ3n) is 6.16. The summed E-state index contributed by atoms with van der Waals surface area (Å²) in [5.74, 6) is 1.31. The standard InChI is InChI=1S/C22H44N6O.HI/c1-5-11-25(12-6-2)13-9-10-24-22(23-4)28-18-16-26(17-19-28)20(3)21(29)27-14-7-8-15-27;/h20H,5-19H2,1-4H3,(H,23,24);1H. The number of guanidine groups is 1. The van der Waals surface area contributed by atoms with Gasteiger partial charge in [-0.2, -0.15) is 0 Å². The highest BCUT2D eigenvalue weighted by atomic mass is 127. The molecule has 0 aromatic heterocycles. The number of amides is 1. The highest BCUT2D eigenvalue weighted by Gasteiger charge is 2.30. The minimum Gasteiger partial charge on any atom is -0.356 e. The predicted molar refractivity (Wildman–Crippen MR) is 137 cm³/mol. The van der Waals surface area contributed by atoms with E-state index >= 15 is 0 Å². The fourth-order valence-corrected chi connectivity index (χ4v) is 4.48. The summed E-state index contributed by atoms with van der Waals surface area (Å²) in [7, 11) is 1.87. The van der Waals surface area contributed by atoms with Crippen molar-refractivity contribution in [3.63, 3.8) is 0 Å². The van der Waals surface area contributed by atoms with Gasteiger partial charge in [0, 0.05) is 52.9 Å². The lowest BCUT2D eigenvalue weighted by molar-refractivity contribution is -0.135. The summed E-state index contributed by atoms with van der Waals surface area (Å²) in [6.45, 7) is 16.6. The van der Waals surface area contributed by atoms with Crippen LogP contribution in [0.3, 0.4) is 0 Å².